The standard InChI is InChI=1S/C13H15N5O2/c1-2-11-15-17-12(18-16-11)9-5-3-4-8(6-9)7-10(14)13(19)20/h3-6,10H,2,7,14H2,1H3,(H,19,20)/t10-/m0/s1. The van der Waals surface area contributed by atoms with Crippen molar-refractivity contribution in [3.05, 3.63) is 35.7 Å². The number of aliphatic carboxylic acids is 1. The number of nitrogens with zero attached hydrogens (tertiary/aromatic N) is 4. The Labute approximate surface area is 115 Å². The first-order valence-electron chi connectivity index (χ1n) is 6.24. The number of nitrogens with two attached hydrogens (primary N) is 1. The lowest BCUT2D eigenvalue weighted by Gasteiger charge is -2.07. The van der Waals surface area contributed by atoms with Gasteiger partial charge in [-0.2, -0.15) is 0 Å². The van der Waals surface area contributed by atoms with Gasteiger partial charge >= 0.3 is 5.97 Å². The largest absolute Gasteiger partial charge is 0.480 e. The molecule has 20 heavy (non-hydrogen) atoms. The van der Waals surface area contributed by atoms with Gasteiger partial charge in [0.15, 0.2) is 5.82 Å². The molecule has 0 radical (unpaired) electrons. The molecule has 7 nitrogen and oxygen atoms in total. The molecule has 3 N–H and O–H groups in total. The summed E-state index contributed by atoms with van der Waals surface area (Å²) in [5.74, 6) is -0.0342. The Morgan fingerprint density at radius 2 is 2.00 bits per heavy atom. The molecule has 104 valence electrons. The summed E-state index contributed by atoms with van der Waals surface area (Å²) in [6.45, 7) is 1.92. The lowest BCUT2D eigenvalue weighted by Crippen LogP contribution is -2.32. The number of hydrogen-bond donors (Lipinski definition) is 2. The van der Waals surface area contributed by atoms with Crippen molar-refractivity contribution in [1.82, 2.24) is 20.4 Å². The van der Waals surface area contributed by atoms with Crippen LogP contribution in [-0.2, 0) is 17.6 Å². The molecule has 7 heteroatoms. The van der Waals surface area contributed by atoms with E-state index in [4.69, 9.17) is 10.8 Å². The Balaban J connectivity index is 2.22. The number of aromatic nitrogens is 4. The number of rotatable bonds is 5. The van der Waals surface area contributed by atoms with Crippen molar-refractivity contribution in [2.45, 2.75) is 25.8 Å². The number of carbonyl (C=O) groups is 1. The molecule has 0 aliphatic heterocycles. The first-order valence-corrected chi connectivity index (χ1v) is 6.24. The molecule has 0 saturated carbocycles. The van der Waals surface area contributed by atoms with Crippen LogP contribution >= 0.6 is 0 Å². The molecule has 2 aromatic rings. The molecule has 2 rings (SSSR count). The van der Waals surface area contributed by atoms with Crippen LogP contribution < -0.4 is 5.73 Å². The third-order valence-corrected chi connectivity index (χ3v) is 2.79. The summed E-state index contributed by atoms with van der Waals surface area (Å²) in [6.07, 6.45) is 0.921. The van der Waals surface area contributed by atoms with E-state index in [1.54, 1.807) is 12.1 Å². The number of hydrogen-bond acceptors (Lipinski definition) is 6. The zero-order valence-electron chi connectivity index (χ0n) is 11.0. The monoisotopic (exact) mass is 273 g/mol. The molecular formula is C13H15N5O2. The minimum Gasteiger partial charge on any atom is -0.480 e. The van der Waals surface area contributed by atoms with Crippen molar-refractivity contribution < 1.29 is 9.90 Å². The van der Waals surface area contributed by atoms with Crippen LogP contribution in [0.15, 0.2) is 24.3 Å². The average molecular weight is 273 g/mol. The molecule has 0 saturated heterocycles. The fourth-order valence-electron chi connectivity index (χ4n) is 1.69. The second kappa shape index (κ2) is 6.16. The fourth-order valence-corrected chi connectivity index (χ4v) is 1.69. The second-order valence-corrected chi connectivity index (χ2v) is 4.34. The summed E-state index contributed by atoms with van der Waals surface area (Å²) in [5, 5.41) is 24.7. The molecule has 0 bridgehead atoms. The minimum atomic E-state index is -1.03. The SMILES string of the molecule is CCc1nnc(-c2cccc(C[C@H](N)C(=O)O)c2)nn1. The van der Waals surface area contributed by atoms with Gasteiger partial charge < -0.3 is 10.8 Å². The molecular weight excluding hydrogens is 258 g/mol. The molecule has 1 heterocycles. The molecule has 0 amide bonds. The van der Waals surface area contributed by atoms with Gasteiger partial charge in [-0.25, -0.2) is 0 Å². The zero-order valence-corrected chi connectivity index (χ0v) is 11.0. The van der Waals surface area contributed by atoms with Gasteiger partial charge in [0.1, 0.15) is 6.04 Å². The van der Waals surface area contributed by atoms with Gasteiger partial charge in [-0.1, -0.05) is 25.1 Å². The van der Waals surface area contributed by atoms with Crippen molar-refractivity contribution in [2.75, 3.05) is 0 Å². The van der Waals surface area contributed by atoms with E-state index in [0.717, 1.165) is 11.1 Å². The van der Waals surface area contributed by atoms with E-state index in [2.05, 4.69) is 20.4 Å². The fraction of sp³-hybridized carbons (Fsp3) is 0.308. The Morgan fingerprint density at radius 3 is 2.60 bits per heavy atom. The molecule has 1 aromatic heterocycles. The van der Waals surface area contributed by atoms with Gasteiger partial charge in [-0.05, 0) is 18.1 Å². The minimum absolute atomic E-state index is 0.247. The Bertz CT molecular complexity index is 600. The summed E-state index contributed by atoms with van der Waals surface area (Å²) in [4.78, 5) is 10.8. The third kappa shape index (κ3) is 3.33. The van der Waals surface area contributed by atoms with Gasteiger partial charge in [0, 0.05) is 12.0 Å². The van der Waals surface area contributed by atoms with Crippen LogP contribution in [0.4, 0.5) is 0 Å². The molecule has 0 unspecified atom stereocenters. The van der Waals surface area contributed by atoms with Gasteiger partial charge in [-0.3, -0.25) is 4.79 Å². The Morgan fingerprint density at radius 1 is 1.30 bits per heavy atom. The highest BCUT2D eigenvalue weighted by Crippen LogP contribution is 2.16. The zero-order chi connectivity index (χ0) is 14.5. The quantitative estimate of drug-likeness (QED) is 0.812. The molecule has 0 aliphatic rings. The predicted octanol–water partition coefficient (Wildman–Crippen LogP) is 0.450. The first kappa shape index (κ1) is 14.0. The van der Waals surface area contributed by atoms with E-state index in [-0.39, 0.29) is 6.42 Å². The van der Waals surface area contributed by atoms with Crippen molar-refractivity contribution in [3.63, 3.8) is 0 Å². The molecule has 1 aromatic carbocycles. The average Bonchev–Trinajstić information content (AvgIpc) is 2.47. The third-order valence-electron chi connectivity index (χ3n) is 2.79. The maximum Gasteiger partial charge on any atom is 0.320 e. The first-order chi connectivity index (χ1) is 9.60. The Kier molecular flexibility index (Phi) is 4.31. The topological polar surface area (TPSA) is 115 Å². The van der Waals surface area contributed by atoms with Crippen molar-refractivity contribution in [1.29, 1.82) is 0 Å². The second-order valence-electron chi connectivity index (χ2n) is 4.34. The lowest BCUT2D eigenvalue weighted by molar-refractivity contribution is -0.138. The van der Waals surface area contributed by atoms with E-state index in [1.165, 1.54) is 0 Å². The van der Waals surface area contributed by atoms with Gasteiger partial charge in [0.2, 0.25) is 5.82 Å². The van der Waals surface area contributed by atoms with Crippen LogP contribution in [0, 0.1) is 0 Å². The molecule has 0 spiro atoms. The number of benzene rings is 1. The lowest BCUT2D eigenvalue weighted by atomic mass is 10.0. The van der Waals surface area contributed by atoms with E-state index >= 15 is 0 Å². The van der Waals surface area contributed by atoms with Gasteiger partial charge in [-0.15, -0.1) is 20.4 Å². The number of aryl methyl sites for hydroxylation is 1. The van der Waals surface area contributed by atoms with Crippen molar-refractivity contribution in [3.8, 4) is 11.4 Å². The summed E-state index contributed by atoms with van der Waals surface area (Å²) in [7, 11) is 0. The maximum atomic E-state index is 10.8. The molecule has 0 fully saturated rings. The summed E-state index contributed by atoms with van der Waals surface area (Å²) >= 11 is 0. The summed E-state index contributed by atoms with van der Waals surface area (Å²) in [5.41, 5.74) is 7.06. The van der Waals surface area contributed by atoms with Crippen molar-refractivity contribution >= 4 is 5.97 Å². The van der Waals surface area contributed by atoms with E-state index in [1.807, 2.05) is 19.1 Å². The summed E-state index contributed by atoms with van der Waals surface area (Å²) < 4.78 is 0. The van der Waals surface area contributed by atoms with Crippen LogP contribution in [-0.4, -0.2) is 37.5 Å². The highest BCUT2D eigenvalue weighted by molar-refractivity contribution is 5.73. The highest BCUT2D eigenvalue weighted by Gasteiger charge is 2.13. The molecule has 1 atom stereocenters. The van der Waals surface area contributed by atoms with E-state index in [0.29, 0.717) is 18.1 Å². The maximum absolute atomic E-state index is 10.8. The van der Waals surface area contributed by atoms with Crippen LogP contribution in [0.2, 0.25) is 0 Å². The van der Waals surface area contributed by atoms with Crippen LogP contribution in [0.5, 0.6) is 0 Å². The Hall–Kier alpha value is -2.41. The number of carboxylic acid groups (broad SMARTS) is 1. The highest BCUT2D eigenvalue weighted by atomic mass is 16.4. The van der Waals surface area contributed by atoms with E-state index < -0.39 is 12.0 Å². The number of carboxylic acids is 1. The predicted molar refractivity (Wildman–Crippen MR) is 71.8 cm³/mol. The summed E-state index contributed by atoms with van der Waals surface area (Å²) in [6, 6.07) is 6.31. The van der Waals surface area contributed by atoms with Crippen LogP contribution in [0.1, 0.15) is 18.3 Å². The van der Waals surface area contributed by atoms with Gasteiger partial charge in [0.25, 0.3) is 0 Å². The van der Waals surface area contributed by atoms with Crippen LogP contribution in [0.3, 0.4) is 0 Å². The van der Waals surface area contributed by atoms with Crippen molar-refractivity contribution in [2.24, 2.45) is 5.73 Å². The normalized spacial score (nSPS) is 12.1. The van der Waals surface area contributed by atoms with Gasteiger partial charge in [0.05, 0.1) is 0 Å². The molecule has 0 aliphatic carbocycles. The van der Waals surface area contributed by atoms with E-state index in [9.17, 15) is 4.79 Å². The smallest absolute Gasteiger partial charge is 0.320 e. The van der Waals surface area contributed by atoms with Crippen LogP contribution in [0.25, 0.3) is 11.4 Å².